The van der Waals surface area contributed by atoms with Gasteiger partial charge in [-0.05, 0) is 55.1 Å². The van der Waals surface area contributed by atoms with Crippen LogP contribution in [0.15, 0.2) is 0 Å². The van der Waals surface area contributed by atoms with Gasteiger partial charge in [-0.2, -0.15) is 11.8 Å². The van der Waals surface area contributed by atoms with Crippen molar-refractivity contribution in [1.29, 1.82) is 0 Å². The molecule has 1 saturated carbocycles. The lowest BCUT2D eigenvalue weighted by Crippen LogP contribution is -2.61. The Morgan fingerprint density at radius 3 is 1.98 bits per heavy atom. The summed E-state index contributed by atoms with van der Waals surface area (Å²) in [4.78, 5) is 65.9. The van der Waals surface area contributed by atoms with Gasteiger partial charge in [0.15, 0.2) is 0 Å². The van der Waals surface area contributed by atoms with Gasteiger partial charge >= 0.3 is 6.03 Å². The van der Waals surface area contributed by atoms with Crippen LogP contribution >= 0.6 is 11.8 Å². The number of urea groups is 1. The van der Waals surface area contributed by atoms with Crippen LogP contribution in [0.2, 0.25) is 0 Å². The van der Waals surface area contributed by atoms with E-state index < -0.39 is 41.1 Å². The third kappa shape index (κ3) is 11.9. The van der Waals surface area contributed by atoms with Crippen LogP contribution in [-0.2, 0) is 19.2 Å². The van der Waals surface area contributed by atoms with Crippen molar-refractivity contribution in [2.24, 2.45) is 23.0 Å². The van der Waals surface area contributed by atoms with Gasteiger partial charge in [0.25, 0.3) is 5.91 Å². The summed E-state index contributed by atoms with van der Waals surface area (Å²) in [5.74, 6) is -1.07. The molecule has 0 radical (unpaired) electrons. The monoisotopic (exact) mass is 639 g/mol. The van der Waals surface area contributed by atoms with E-state index in [1.54, 1.807) is 0 Å². The third-order valence-electron chi connectivity index (χ3n) is 8.28. The predicted octanol–water partition coefficient (Wildman–Crippen LogP) is 4.78. The minimum absolute atomic E-state index is 0.00562. The summed E-state index contributed by atoms with van der Waals surface area (Å²) in [7, 11) is 0. The molecule has 44 heavy (non-hydrogen) atoms. The maximum Gasteiger partial charge on any atom is 0.315 e. The molecule has 0 aromatic rings. The van der Waals surface area contributed by atoms with Crippen LogP contribution in [0, 0.1) is 17.3 Å². The number of thioether (sulfide) groups is 1. The molecule has 0 aromatic heterocycles. The number of ketones is 1. The number of rotatable bonds is 11. The molecular weight excluding hydrogens is 578 g/mol. The summed E-state index contributed by atoms with van der Waals surface area (Å²) >= 11 is 1.88. The summed E-state index contributed by atoms with van der Waals surface area (Å²) in [6.07, 6.45) is 7.84. The molecule has 0 bridgehead atoms. The normalized spacial score (nSPS) is 21.8. The van der Waals surface area contributed by atoms with E-state index in [0.29, 0.717) is 31.1 Å². The standard InChI is InChI=1S/C28H47N5O5S.C3H8.C2H6/c1-16(2)21(20-12-8-14-39-20)31-27(38)32-23(28(3,4)5)26(37)33-13-7-11-19(33)25(36)30-18(22(34)24(29)35)15-17-9-6-10-17;1-3-2;1-2/h16-21,23H,6-15H2,1-5H3,(H2,29,35)(H,30,36)(H2,31,32,38);3H2,1-2H3;1-2H3/t18?,19-,20?,21?,23?;;/m0../s1. The lowest BCUT2D eigenvalue weighted by Gasteiger charge is -2.36. The summed E-state index contributed by atoms with van der Waals surface area (Å²) in [5.41, 5.74) is 4.64. The van der Waals surface area contributed by atoms with Gasteiger partial charge in [-0.15, -0.1) is 0 Å². The van der Waals surface area contributed by atoms with Crippen molar-refractivity contribution in [3.63, 3.8) is 0 Å². The molecule has 5 N–H and O–H groups in total. The van der Waals surface area contributed by atoms with Crippen molar-refractivity contribution in [3.05, 3.63) is 0 Å². The molecule has 0 aromatic carbocycles. The van der Waals surface area contributed by atoms with Crippen molar-refractivity contribution in [3.8, 4) is 0 Å². The molecule has 3 rings (SSSR count). The Labute approximate surface area is 270 Å². The second-order valence-electron chi connectivity index (χ2n) is 13.5. The summed E-state index contributed by atoms with van der Waals surface area (Å²) in [6.45, 7) is 18.4. The fourth-order valence-corrected chi connectivity index (χ4v) is 7.31. The SMILES string of the molecule is CC.CC(C)C(NC(=O)NC(C(=O)N1CCC[C@H]1C(=O)NC(CC1CCC1)C(=O)C(N)=O)C(C)(C)C)C1CCCS1.CCC. The maximum absolute atomic E-state index is 13.8. The molecule has 10 nitrogen and oxygen atoms in total. The minimum atomic E-state index is -1.07. The highest BCUT2D eigenvalue weighted by molar-refractivity contribution is 8.00. The van der Waals surface area contributed by atoms with Gasteiger partial charge < -0.3 is 26.6 Å². The van der Waals surface area contributed by atoms with E-state index in [4.69, 9.17) is 5.73 Å². The van der Waals surface area contributed by atoms with Gasteiger partial charge in [0.05, 0.1) is 6.04 Å². The molecule has 11 heteroatoms. The predicted molar refractivity (Wildman–Crippen MR) is 179 cm³/mol. The highest BCUT2D eigenvalue weighted by Crippen LogP contribution is 2.32. The van der Waals surface area contributed by atoms with E-state index in [0.717, 1.165) is 37.9 Å². The molecule has 5 amide bonds. The lowest BCUT2D eigenvalue weighted by molar-refractivity contribution is -0.143. The van der Waals surface area contributed by atoms with Crippen LogP contribution in [-0.4, -0.2) is 76.2 Å². The van der Waals surface area contributed by atoms with Crippen molar-refractivity contribution >= 4 is 41.3 Å². The Morgan fingerprint density at radius 1 is 0.909 bits per heavy atom. The van der Waals surface area contributed by atoms with Gasteiger partial charge in [-0.25, -0.2) is 4.79 Å². The third-order valence-corrected chi connectivity index (χ3v) is 9.76. The number of nitrogens with one attached hydrogen (secondary N) is 3. The molecule has 2 aliphatic heterocycles. The number of likely N-dealkylation sites (tertiary alicyclic amines) is 1. The van der Waals surface area contributed by atoms with Crippen molar-refractivity contribution in [2.45, 2.75) is 150 Å². The minimum Gasteiger partial charge on any atom is -0.363 e. The zero-order valence-electron chi connectivity index (χ0n) is 28.8. The molecule has 3 fully saturated rings. The number of hydrogen-bond acceptors (Lipinski definition) is 6. The van der Waals surface area contributed by atoms with E-state index in [1.807, 2.05) is 46.4 Å². The first-order valence-electron chi connectivity index (χ1n) is 16.8. The van der Waals surface area contributed by atoms with Crippen LogP contribution in [0.25, 0.3) is 0 Å². The molecule has 2 saturated heterocycles. The number of nitrogens with two attached hydrogens (primary N) is 1. The molecule has 5 atom stereocenters. The van der Waals surface area contributed by atoms with Gasteiger partial charge in [0, 0.05) is 17.8 Å². The number of nitrogens with zero attached hydrogens (tertiary/aromatic N) is 1. The summed E-state index contributed by atoms with van der Waals surface area (Å²) in [5, 5.41) is 9.11. The molecule has 2 heterocycles. The van der Waals surface area contributed by atoms with Crippen LogP contribution in [0.5, 0.6) is 0 Å². The highest BCUT2D eigenvalue weighted by Gasteiger charge is 2.43. The number of carbonyl (C=O) groups excluding carboxylic acids is 5. The first kappa shape index (κ1) is 39.7. The molecular formula is C33H61N5O5S. The first-order valence-corrected chi connectivity index (χ1v) is 17.9. The molecule has 4 unspecified atom stereocenters. The number of amides is 5. The smallest absolute Gasteiger partial charge is 0.315 e. The summed E-state index contributed by atoms with van der Waals surface area (Å²) < 4.78 is 0. The van der Waals surface area contributed by atoms with E-state index in [9.17, 15) is 24.0 Å². The zero-order chi connectivity index (χ0) is 33.6. The van der Waals surface area contributed by atoms with Crippen molar-refractivity contribution in [2.75, 3.05) is 12.3 Å². The van der Waals surface area contributed by atoms with E-state index in [-0.39, 0.29) is 29.8 Å². The van der Waals surface area contributed by atoms with Gasteiger partial charge in [-0.3, -0.25) is 19.2 Å². The van der Waals surface area contributed by atoms with Crippen LogP contribution in [0.4, 0.5) is 4.79 Å². The molecule has 3 aliphatic rings. The quantitative estimate of drug-likeness (QED) is 0.239. The van der Waals surface area contributed by atoms with E-state index in [1.165, 1.54) is 11.3 Å². The number of carbonyl (C=O) groups is 5. The van der Waals surface area contributed by atoms with E-state index >= 15 is 0 Å². The number of primary amides is 1. The second kappa shape index (κ2) is 19.3. The second-order valence-corrected chi connectivity index (χ2v) is 14.8. The van der Waals surface area contributed by atoms with Gasteiger partial charge in [0.2, 0.25) is 17.6 Å². The van der Waals surface area contributed by atoms with Crippen molar-refractivity contribution < 1.29 is 24.0 Å². The number of Topliss-reactive ketones (excluding diaryl/α,β-unsaturated/α-hetero) is 1. The Hall–Kier alpha value is -2.30. The molecule has 0 spiro atoms. The van der Waals surface area contributed by atoms with Gasteiger partial charge in [-0.1, -0.05) is 88.0 Å². The zero-order valence-corrected chi connectivity index (χ0v) is 29.6. The number of hydrogen-bond donors (Lipinski definition) is 4. The fourth-order valence-electron chi connectivity index (χ4n) is 5.75. The lowest BCUT2D eigenvalue weighted by atomic mass is 9.80. The Morgan fingerprint density at radius 2 is 1.52 bits per heavy atom. The highest BCUT2D eigenvalue weighted by atomic mass is 32.2. The van der Waals surface area contributed by atoms with Crippen LogP contribution in [0.1, 0.15) is 120 Å². The largest absolute Gasteiger partial charge is 0.363 e. The average molecular weight is 640 g/mol. The van der Waals surface area contributed by atoms with Crippen LogP contribution in [0.3, 0.4) is 0 Å². The average Bonchev–Trinajstić information content (AvgIpc) is 3.64. The van der Waals surface area contributed by atoms with E-state index in [2.05, 4.69) is 43.6 Å². The fraction of sp³-hybridized carbons (Fsp3) is 0.848. The Balaban J connectivity index is 0.00000182. The maximum atomic E-state index is 13.8. The van der Waals surface area contributed by atoms with Gasteiger partial charge in [0.1, 0.15) is 12.1 Å². The topological polar surface area (TPSA) is 151 Å². The Bertz CT molecular complexity index is 943. The van der Waals surface area contributed by atoms with Crippen LogP contribution < -0.4 is 21.7 Å². The molecule has 254 valence electrons. The first-order chi connectivity index (χ1) is 20.7. The summed E-state index contributed by atoms with van der Waals surface area (Å²) in [6, 6.07) is -3.01. The Kier molecular flexibility index (Phi) is 17.4. The van der Waals surface area contributed by atoms with Crippen molar-refractivity contribution in [1.82, 2.24) is 20.9 Å². The molecule has 1 aliphatic carbocycles.